The highest BCUT2D eigenvalue weighted by atomic mass is 16.3. The molecule has 1 aliphatic heterocycles. The standard InChI is InChI=1S/C13H25NO/c1-2-13(8-4-3-5-9-13)14-10-6-12(15)7-11-14/h12,15H,2-11H2,1H3. The molecule has 0 aromatic rings. The second-order valence-corrected chi connectivity index (χ2v) is 5.36. The van der Waals surface area contributed by atoms with Crippen molar-refractivity contribution in [3.8, 4) is 0 Å². The summed E-state index contributed by atoms with van der Waals surface area (Å²) in [4.78, 5) is 2.68. The lowest BCUT2D eigenvalue weighted by Crippen LogP contribution is -2.53. The van der Waals surface area contributed by atoms with Crippen molar-refractivity contribution >= 4 is 0 Å². The van der Waals surface area contributed by atoms with Gasteiger partial charge in [0.25, 0.3) is 0 Å². The van der Waals surface area contributed by atoms with Gasteiger partial charge in [0.15, 0.2) is 0 Å². The second-order valence-electron chi connectivity index (χ2n) is 5.36. The van der Waals surface area contributed by atoms with Crippen LogP contribution < -0.4 is 0 Å². The maximum atomic E-state index is 9.56. The Bertz CT molecular complexity index is 191. The number of rotatable bonds is 2. The predicted molar refractivity (Wildman–Crippen MR) is 62.9 cm³/mol. The van der Waals surface area contributed by atoms with Crippen molar-refractivity contribution in [2.24, 2.45) is 0 Å². The number of hydrogen-bond acceptors (Lipinski definition) is 2. The summed E-state index contributed by atoms with van der Waals surface area (Å²) in [5.74, 6) is 0. The minimum Gasteiger partial charge on any atom is -0.393 e. The summed E-state index contributed by atoms with van der Waals surface area (Å²) in [6, 6.07) is 0. The van der Waals surface area contributed by atoms with Gasteiger partial charge in [-0.2, -0.15) is 0 Å². The van der Waals surface area contributed by atoms with Crippen LogP contribution in [0, 0.1) is 0 Å². The van der Waals surface area contributed by atoms with Gasteiger partial charge in [-0.1, -0.05) is 26.2 Å². The van der Waals surface area contributed by atoms with Crippen molar-refractivity contribution in [2.45, 2.75) is 69.9 Å². The SMILES string of the molecule is CCC1(N2CCC(O)CC2)CCCCC1. The molecule has 1 saturated heterocycles. The van der Waals surface area contributed by atoms with E-state index in [9.17, 15) is 5.11 Å². The molecule has 88 valence electrons. The predicted octanol–water partition coefficient (Wildman–Crippen LogP) is 2.56. The third-order valence-corrected chi connectivity index (χ3v) is 4.58. The van der Waals surface area contributed by atoms with Gasteiger partial charge in [0.2, 0.25) is 0 Å². The van der Waals surface area contributed by atoms with Crippen LogP contribution in [0.1, 0.15) is 58.3 Å². The van der Waals surface area contributed by atoms with Crippen LogP contribution in [0.2, 0.25) is 0 Å². The Morgan fingerprint density at radius 3 is 2.27 bits per heavy atom. The van der Waals surface area contributed by atoms with E-state index in [0.717, 1.165) is 25.9 Å². The van der Waals surface area contributed by atoms with Crippen LogP contribution in [0.3, 0.4) is 0 Å². The van der Waals surface area contributed by atoms with Gasteiger partial charge in [-0.25, -0.2) is 0 Å². The van der Waals surface area contributed by atoms with E-state index in [0.29, 0.717) is 5.54 Å². The summed E-state index contributed by atoms with van der Waals surface area (Å²) in [6.45, 7) is 4.58. The van der Waals surface area contributed by atoms with Gasteiger partial charge >= 0.3 is 0 Å². The smallest absolute Gasteiger partial charge is 0.0564 e. The van der Waals surface area contributed by atoms with Crippen LogP contribution in [0.4, 0.5) is 0 Å². The summed E-state index contributed by atoms with van der Waals surface area (Å²) >= 11 is 0. The van der Waals surface area contributed by atoms with Crippen molar-refractivity contribution in [3.63, 3.8) is 0 Å². The molecular weight excluding hydrogens is 186 g/mol. The van der Waals surface area contributed by atoms with E-state index >= 15 is 0 Å². The molecule has 1 N–H and O–H groups in total. The molecule has 1 heterocycles. The zero-order valence-corrected chi connectivity index (χ0v) is 10.0. The highest BCUT2D eigenvalue weighted by Crippen LogP contribution is 2.37. The second kappa shape index (κ2) is 4.84. The minimum absolute atomic E-state index is 0.0289. The number of hydrogen-bond donors (Lipinski definition) is 1. The van der Waals surface area contributed by atoms with E-state index in [1.165, 1.54) is 38.5 Å². The van der Waals surface area contributed by atoms with Gasteiger partial charge in [0, 0.05) is 18.6 Å². The molecule has 0 radical (unpaired) electrons. The highest BCUT2D eigenvalue weighted by Gasteiger charge is 2.37. The van der Waals surface area contributed by atoms with E-state index in [-0.39, 0.29) is 6.10 Å². The van der Waals surface area contributed by atoms with Gasteiger partial charge in [0.05, 0.1) is 6.10 Å². The Kier molecular flexibility index (Phi) is 3.68. The minimum atomic E-state index is -0.0289. The highest BCUT2D eigenvalue weighted by molar-refractivity contribution is 4.93. The van der Waals surface area contributed by atoms with Crippen molar-refractivity contribution in [1.82, 2.24) is 4.90 Å². The molecule has 0 aromatic carbocycles. The molecule has 1 saturated carbocycles. The van der Waals surface area contributed by atoms with Gasteiger partial charge < -0.3 is 5.11 Å². The number of likely N-dealkylation sites (tertiary alicyclic amines) is 1. The molecule has 2 rings (SSSR count). The Labute approximate surface area is 93.7 Å². The Balaban J connectivity index is 1.98. The maximum Gasteiger partial charge on any atom is 0.0564 e. The van der Waals surface area contributed by atoms with Crippen LogP contribution in [0.5, 0.6) is 0 Å². The fourth-order valence-electron chi connectivity index (χ4n) is 3.44. The summed E-state index contributed by atoms with van der Waals surface area (Å²) in [7, 11) is 0. The van der Waals surface area contributed by atoms with Crippen LogP contribution in [0.25, 0.3) is 0 Å². The van der Waals surface area contributed by atoms with Crippen molar-refractivity contribution in [1.29, 1.82) is 0 Å². The molecule has 2 fully saturated rings. The van der Waals surface area contributed by atoms with E-state index in [1.54, 1.807) is 0 Å². The molecular formula is C13H25NO. The van der Waals surface area contributed by atoms with Crippen LogP contribution in [0.15, 0.2) is 0 Å². The van der Waals surface area contributed by atoms with E-state index in [4.69, 9.17) is 0 Å². The summed E-state index contributed by atoms with van der Waals surface area (Å²) in [5, 5.41) is 9.56. The fourth-order valence-corrected chi connectivity index (χ4v) is 3.44. The summed E-state index contributed by atoms with van der Waals surface area (Å²) < 4.78 is 0. The molecule has 0 bridgehead atoms. The number of piperidine rings is 1. The molecule has 0 spiro atoms. The normalized spacial score (nSPS) is 29.2. The molecule has 2 aliphatic rings. The lowest BCUT2D eigenvalue weighted by Gasteiger charge is -2.48. The van der Waals surface area contributed by atoms with Gasteiger partial charge in [-0.15, -0.1) is 0 Å². The van der Waals surface area contributed by atoms with Crippen molar-refractivity contribution in [3.05, 3.63) is 0 Å². The first-order valence-corrected chi connectivity index (χ1v) is 6.70. The van der Waals surface area contributed by atoms with Gasteiger partial charge in [0.1, 0.15) is 0 Å². The number of aliphatic hydroxyl groups excluding tert-OH is 1. The average molecular weight is 211 g/mol. The number of aliphatic hydroxyl groups is 1. The van der Waals surface area contributed by atoms with Crippen molar-refractivity contribution in [2.75, 3.05) is 13.1 Å². The van der Waals surface area contributed by atoms with E-state index < -0.39 is 0 Å². The monoisotopic (exact) mass is 211 g/mol. The molecule has 0 unspecified atom stereocenters. The number of nitrogens with zero attached hydrogens (tertiary/aromatic N) is 1. The van der Waals surface area contributed by atoms with Crippen LogP contribution in [-0.4, -0.2) is 34.7 Å². The first-order valence-electron chi connectivity index (χ1n) is 6.70. The Morgan fingerprint density at radius 1 is 1.13 bits per heavy atom. The lowest BCUT2D eigenvalue weighted by atomic mass is 9.77. The summed E-state index contributed by atoms with van der Waals surface area (Å²) in [6.07, 6.45) is 10.3. The Hall–Kier alpha value is -0.0800. The van der Waals surface area contributed by atoms with Crippen LogP contribution in [-0.2, 0) is 0 Å². The van der Waals surface area contributed by atoms with Gasteiger partial charge in [-0.05, 0) is 32.1 Å². The first-order chi connectivity index (χ1) is 7.27. The molecule has 2 heteroatoms. The van der Waals surface area contributed by atoms with E-state index in [1.807, 2.05) is 0 Å². The first kappa shape index (κ1) is 11.4. The average Bonchev–Trinajstić information content (AvgIpc) is 2.31. The molecule has 0 atom stereocenters. The molecule has 15 heavy (non-hydrogen) atoms. The van der Waals surface area contributed by atoms with Gasteiger partial charge in [-0.3, -0.25) is 4.90 Å². The quantitative estimate of drug-likeness (QED) is 0.759. The third kappa shape index (κ3) is 2.36. The largest absolute Gasteiger partial charge is 0.393 e. The summed E-state index contributed by atoms with van der Waals surface area (Å²) in [5.41, 5.74) is 0.498. The molecule has 0 aromatic heterocycles. The topological polar surface area (TPSA) is 23.5 Å². The Morgan fingerprint density at radius 2 is 1.73 bits per heavy atom. The third-order valence-electron chi connectivity index (χ3n) is 4.58. The molecule has 2 nitrogen and oxygen atoms in total. The zero-order valence-electron chi connectivity index (χ0n) is 10.0. The fraction of sp³-hybridized carbons (Fsp3) is 1.00. The van der Waals surface area contributed by atoms with E-state index in [2.05, 4.69) is 11.8 Å². The van der Waals surface area contributed by atoms with Crippen LogP contribution >= 0.6 is 0 Å². The molecule has 0 amide bonds. The zero-order chi connectivity index (χ0) is 10.7. The maximum absolute atomic E-state index is 9.56. The lowest BCUT2D eigenvalue weighted by molar-refractivity contribution is -0.00685. The molecule has 1 aliphatic carbocycles. The van der Waals surface area contributed by atoms with Crippen molar-refractivity contribution < 1.29 is 5.11 Å².